The number of nitrogens with one attached hydrogen (secondary N) is 1. The maximum Gasteiger partial charge on any atom is 0.380 e. The second kappa shape index (κ2) is 6.09. The van der Waals surface area contributed by atoms with Crippen LogP contribution < -0.4 is 5.32 Å². The summed E-state index contributed by atoms with van der Waals surface area (Å²) < 4.78 is 9.99. The molecule has 0 saturated carbocycles. The lowest BCUT2D eigenvalue weighted by molar-refractivity contribution is -0.235. The number of hydrogen-bond acceptors (Lipinski definition) is 6. The van der Waals surface area contributed by atoms with Crippen LogP contribution in [0.5, 0.6) is 0 Å². The van der Waals surface area contributed by atoms with E-state index in [0.717, 1.165) is 0 Å². The highest BCUT2D eigenvalue weighted by Gasteiger charge is 2.43. The average Bonchev–Trinajstić information content (AvgIpc) is 2.37. The summed E-state index contributed by atoms with van der Waals surface area (Å²) in [5.74, 6) is -4.00. The highest BCUT2D eigenvalue weighted by atomic mass is 16.7. The number of allylic oxidation sites excluding steroid dienone is 2. The molecule has 0 amide bonds. The summed E-state index contributed by atoms with van der Waals surface area (Å²) in [6.07, 6.45) is 6.42. The minimum atomic E-state index is -2.28. The summed E-state index contributed by atoms with van der Waals surface area (Å²) in [4.78, 5) is 23.8. The van der Waals surface area contributed by atoms with Crippen molar-refractivity contribution in [2.45, 2.75) is 51.5 Å². The summed E-state index contributed by atoms with van der Waals surface area (Å²) in [5.41, 5.74) is -0.779. The van der Waals surface area contributed by atoms with Crippen molar-refractivity contribution >= 4 is 11.9 Å². The van der Waals surface area contributed by atoms with E-state index in [1.807, 2.05) is 0 Å². The molecule has 0 aromatic carbocycles. The van der Waals surface area contributed by atoms with Crippen LogP contribution in [0, 0.1) is 0 Å². The third kappa shape index (κ3) is 4.38. The Labute approximate surface area is 118 Å². The zero-order valence-corrected chi connectivity index (χ0v) is 12.2. The Morgan fingerprint density at radius 3 is 2.35 bits per heavy atom. The number of hydrogen-bond donors (Lipinski definition) is 2. The predicted molar refractivity (Wildman–Crippen MR) is 72.4 cm³/mol. The third-order valence-electron chi connectivity index (χ3n) is 2.51. The molecule has 0 bridgehead atoms. The molecule has 0 fully saturated rings. The van der Waals surface area contributed by atoms with Crippen LogP contribution >= 0.6 is 0 Å². The van der Waals surface area contributed by atoms with Gasteiger partial charge in [-0.2, -0.15) is 0 Å². The van der Waals surface area contributed by atoms with Crippen LogP contribution in [0.1, 0.15) is 34.1 Å². The Hall–Kier alpha value is -1.82. The lowest BCUT2D eigenvalue weighted by atomic mass is 10.1. The zero-order valence-electron chi connectivity index (χ0n) is 12.2. The highest BCUT2D eigenvalue weighted by Crippen LogP contribution is 2.20. The normalized spacial score (nSPS) is 20.8. The van der Waals surface area contributed by atoms with E-state index in [9.17, 15) is 14.7 Å². The number of rotatable bonds is 4. The summed E-state index contributed by atoms with van der Waals surface area (Å²) in [6.45, 7) is 6.53. The monoisotopic (exact) mass is 283 g/mol. The van der Waals surface area contributed by atoms with Gasteiger partial charge in [0.15, 0.2) is 0 Å². The van der Waals surface area contributed by atoms with E-state index in [2.05, 4.69) is 5.32 Å². The number of dihydropyridines is 1. The Balaban J connectivity index is 2.73. The second-order valence-electron chi connectivity index (χ2n) is 5.45. The van der Waals surface area contributed by atoms with Crippen LogP contribution in [0.15, 0.2) is 24.4 Å². The summed E-state index contributed by atoms with van der Waals surface area (Å²) in [6, 6.07) is -0.736. The van der Waals surface area contributed by atoms with Crippen molar-refractivity contribution < 1.29 is 24.2 Å². The van der Waals surface area contributed by atoms with Gasteiger partial charge in [0.05, 0.1) is 0 Å². The molecule has 2 atom stereocenters. The average molecular weight is 283 g/mol. The number of carbonyl (C=O) groups is 2. The summed E-state index contributed by atoms with van der Waals surface area (Å²) in [5, 5.41) is 12.9. The maximum absolute atomic E-state index is 11.9. The van der Waals surface area contributed by atoms with Crippen LogP contribution in [-0.2, 0) is 19.1 Å². The number of ether oxygens (including phenoxy) is 2. The first-order valence-electron chi connectivity index (χ1n) is 6.46. The summed E-state index contributed by atoms with van der Waals surface area (Å²) >= 11 is 0. The largest absolute Gasteiger partial charge is 0.455 e. The minimum Gasteiger partial charge on any atom is -0.455 e. The van der Waals surface area contributed by atoms with Gasteiger partial charge in [0.2, 0.25) is 0 Å². The molecule has 1 heterocycles. The molecule has 0 saturated heterocycles. The molecule has 0 spiro atoms. The molecule has 0 aliphatic carbocycles. The first-order valence-corrected chi connectivity index (χ1v) is 6.46. The SMILES string of the molecule is CC[C@@](O)(OC(=O)[C@H]1C=CC=CN1)C(=O)OC(C)(C)C. The molecule has 0 unspecified atom stereocenters. The van der Waals surface area contributed by atoms with Gasteiger partial charge in [-0.25, -0.2) is 9.59 Å². The predicted octanol–water partition coefficient (Wildman–Crippen LogP) is 1.01. The van der Waals surface area contributed by atoms with E-state index in [1.54, 1.807) is 45.2 Å². The summed E-state index contributed by atoms with van der Waals surface area (Å²) in [7, 11) is 0. The van der Waals surface area contributed by atoms with Gasteiger partial charge in [-0.15, -0.1) is 0 Å². The molecule has 1 aliphatic heterocycles. The topological polar surface area (TPSA) is 84.9 Å². The van der Waals surface area contributed by atoms with Gasteiger partial charge in [-0.3, -0.25) is 0 Å². The van der Waals surface area contributed by atoms with Crippen molar-refractivity contribution in [3.63, 3.8) is 0 Å². The van der Waals surface area contributed by atoms with Gasteiger partial charge in [-0.05, 0) is 33.0 Å². The van der Waals surface area contributed by atoms with Gasteiger partial charge in [0.1, 0.15) is 11.6 Å². The van der Waals surface area contributed by atoms with Crippen molar-refractivity contribution in [3.8, 4) is 0 Å². The first kappa shape index (κ1) is 16.2. The lowest BCUT2D eigenvalue weighted by Crippen LogP contribution is -2.49. The Morgan fingerprint density at radius 2 is 1.90 bits per heavy atom. The molecule has 112 valence electrons. The van der Waals surface area contributed by atoms with Gasteiger partial charge in [-0.1, -0.05) is 19.1 Å². The Kier molecular flexibility index (Phi) is 4.94. The van der Waals surface area contributed by atoms with Crippen LogP contribution in [-0.4, -0.2) is 34.5 Å². The highest BCUT2D eigenvalue weighted by molar-refractivity contribution is 5.85. The molecular weight excluding hydrogens is 262 g/mol. The van der Waals surface area contributed by atoms with E-state index >= 15 is 0 Å². The van der Waals surface area contributed by atoms with Crippen LogP contribution in [0.3, 0.4) is 0 Å². The van der Waals surface area contributed by atoms with E-state index in [-0.39, 0.29) is 6.42 Å². The third-order valence-corrected chi connectivity index (χ3v) is 2.51. The molecule has 20 heavy (non-hydrogen) atoms. The Morgan fingerprint density at radius 1 is 1.25 bits per heavy atom. The van der Waals surface area contributed by atoms with Gasteiger partial charge in [0.25, 0.3) is 0 Å². The van der Waals surface area contributed by atoms with Crippen molar-refractivity contribution in [1.29, 1.82) is 0 Å². The maximum atomic E-state index is 11.9. The fourth-order valence-electron chi connectivity index (χ4n) is 1.44. The van der Waals surface area contributed by atoms with E-state index < -0.39 is 29.4 Å². The van der Waals surface area contributed by atoms with E-state index in [0.29, 0.717) is 0 Å². The zero-order chi connectivity index (χ0) is 15.4. The van der Waals surface area contributed by atoms with Crippen LogP contribution in [0.25, 0.3) is 0 Å². The molecule has 1 aliphatic rings. The van der Waals surface area contributed by atoms with Crippen LogP contribution in [0.2, 0.25) is 0 Å². The van der Waals surface area contributed by atoms with E-state index in [4.69, 9.17) is 9.47 Å². The molecule has 0 radical (unpaired) electrons. The fourth-order valence-corrected chi connectivity index (χ4v) is 1.44. The number of esters is 2. The van der Waals surface area contributed by atoms with Crippen LogP contribution in [0.4, 0.5) is 0 Å². The minimum absolute atomic E-state index is 0.0973. The van der Waals surface area contributed by atoms with Crippen molar-refractivity contribution in [1.82, 2.24) is 5.32 Å². The standard InChI is InChI=1S/C14H21NO5/c1-5-14(18,12(17)20-13(2,3)4)19-11(16)10-8-6-7-9-15-10/h6-10,15,18H,5H2,1-4H3/t10-,14-/m1/s1. The van der Waals surface area contributed by atoms with Gasteiger partial charge < -0.3 is 19.9 Å². The van der Waals surface area contributed by atoms with Crippen molar-refractivity contribution in [2.24, 2.45) is 0 Å². The van der Waals surface area contributed by atoms with Gasteiger partial charge >= 0.3 is 17.7 Å². The lowest BCUT2D eigenvalue weighted by Gasteiger charge is -2.30. The van der Waals surface area contributed by atoms with Crippen molar-refractivity contribution in [3.05, 3.63) is 24.4 Å². The van der Waals surface area contributed by atoms with Gasteiger partial charge in [0, 0.05) is 6.42 Å². The second-order valence-corrected chi connectivity index (χ2v) is 5.45. The molecule has 6 nitrogen and oxygen atoms in total. The molecule has 2 N–H and O–H groups in total. The fraction of sp³-hybridized carbons (Fsp3) is 0.571. The molecule has 6 heteroatoms. The smallest absolute Gasteiger partial charge is 0.380 e. The quantitative estimate of drug-likeness (QED) is 0.592. The molecular formula is C14H21NO5. The molecule has 1 rings (SSSR count). The van der Waals surface area contributed by atoms with E-state index in [1.165, 1.54) is 6.92 Å². The number of carbonyl (C=O) groups excluding carboxylic acids is 2. The molecule has 0 aromatic heterocycles. The van der Waals surface area contributed by atoms with Crippen molar-refractivity contribution in [2.75, 3.05) is 0 Å². The Bertz CT molecular complexity index is 435. The molecule has 0 aromatic rings. The number of aliphatic hydroxyl groups is 1. The first-order chi connectivity index (χ1) is 9.18.